The predicted molar refractivity (Wildman–Crippen MR) is 254 cm³/mol. The number of hydrogen-bond acceptors (Lipinski definition) is 10. The lowest BCUT2D eigenvalue weighted by atomic mass is 9.92. The Balaban J connectivity index is 0.984. The van der Waals surface area contributed by atoms with Crippen LogP contribution in [0, 0.1) is 0 Å². The Morgan fingerprint density at radius 1 is 0.371 bits per heavy atom. The summed E-state index contributed by atoms with van der Waals surface area (Å²) in [5.41, 5.74) is 3.68. The lowest BCUT2D eigenvalue weighted by Gasteiger charge is -2.20. The van der Waals surface area contributed by atoms with E-state index in [2.05, 4.69) is 36.4 Å². The van der Waals surface area contributed by atoms with Gasteiger partial charge < -0.3 is 47.7 Å². The average molecular weight is 927 g/mol. The molecule has 6 aromatic carbocycles. The van der Waals surface area contributed by atoms with Crippen molar-refractivity contribution in [1.82, 2.24) is 0 Å². The van der Waals surface area contributed by atoms with Crippen LogP contribution < -0.4 is 28.7 Å². The van der Waals surface area contributed by atoms with Gasteiger partial charge in [0.2, 0.25) is 0 Å². The number of benzene rings is 6. The Hall–Kier alpha value is -4.36. The van der Waals surface area contributed by atoms with Gasteiger partial charge in [-0.1, -0.05) is 107 Å². The van der Waals surface area contributed by atoms with Gasteiger partial charge in [0.1, 0.15) is 37.9 Å². The molecule has 62 heavy (non-hydrogen) atoms. The Bertz CT molecular complexity index is 2170. The molecule has 0 amide bonds. The van der Waals surface area contributed by atoms with E-state index in [1.807, 2.05) is 98.7 Å². The highest BCUT2D eigenvalue weighted by molar-refractivity contribution is 6.38. The summed E-state index contributed by atoms with van der Waals surface area (Å²) < 4.78 is 47.7. The molecule has 0 saturated carbocycles. The maximum Gasteiger partial charge on any atom is 0.156 e. The van der Waals surface area contributed by atoms with Gasteiger partial charge in [-0.3, -0.25) is 0 Å². The molecule has 6 aromatic rings. The zero-order chi connectivity index (χ0) is 43.8. The molecule has 0 aliphatic carbocycles. The number of hydrogen-bond donors (Lipinski definition) is 0. The molecule has 0 atom stereocenters. The second kappa shape index (κ2) is 23.9. The smallest absolute Gasteiger partial charge is 0.156 e. The van der Waals surface area contributed by atoms with Crippen LogP contribution in [0.25, 0.3) is 32.7 Å². The van der Waals surface area contributed by atoms with Crippen LogP contribution in [0.5, 0.6) is 23.0 Å². The largest absolute Gasteiger partial charge is 0.491 e. The SMILES string of the molecule is CN(C)c1cc(Cl)c(OCCOCCOCCOc2ccc3ccccc3c2-c2c(OCCOCCOCCOc3c(Cl)cc(N(C)C)cc3Cl)ccc3ccccc23)c(Cl)c1. The lowest BCUT2D eigenvalue weighted by molar-refractivity contribution is 0.0273. The lowest BCUT2D eigenvalue weighted by Crippen LogP contribution is -2.14. The summed E-state index contributed by atoms with van der Waals surface area (Å²) in [6.45, 7) is 4.31. The molecule has 10 nitrogen and oxygen atoms in total. The molecule has 330 valence electrons. The van der Waals surface area contributed by atoms with Crippen molar-refractivity contribution in [2.24, 2.45) is 0 Å². The Kier molecular flexibility index (Phi) is 18.2. The summed E-state index contributed by atoms with van der Waals surface area (Å²) in [5, 5.41) is 6.07. The summed E-state index contributed by atoms with van der Waals surface area (Å²) in [6, 6.07) is 32.0. The van der Waals surface area contributed by atoms with Gasteiger partial charge >= 0.3 is 0 Å². The summed E-state index contributed by atoms with van der Waals surface area (Å²) in [7, 11) is 7.69. The van der Waals surface area contributed by atoms with Gasteiger partial charge in [-0.2, -0.15) is 0 Å². The minimum Gasteiger partial charge on any atom is -0.491 e. The molecule has 6 rings (SSSR count). The van der Waals surface area contributed by atoms with Gasteiger partial charge in [-0.15, -0.1) is 0 Å². The van der Waals surface area contributed by atoms with E-state index in [9.17, 15) is 0 Å². The van der Waals surface area contributed by atoms with Crippen LogP contribution in [0.2, 0.25) is 20.1 Å². The fourth-order valence-electron chi connectivity index (χ4n) is 6.61. The van der Waals surface area contributed by atoms with Crippen molar-refractivity contribution in [3.63, 3.8) is 0 Å². The van der Waals surface area contributed by atoms with Crippen LogP contribution in [0.15, 0.2) is 97.1 Å². The van der Waals surface area contributed by atoms with Crippen molar-refractivity contribution in [1.29, 1.82) is 0 Å². The van der Waals surface area contributed by atoms with Crippen molar-refractivity contribution in [2.45, 2.75) is 0 Å². The molecular formula is C48H52Cl4N2O8. The number of fused-ring (bicyclic) bond motifs is 2. The van der Waals surface area contributed by atoms with Crippen LogP contribution in [-0.4, -0.2) is 107 Å². The van der Waals surface area contributed by atoms with Crippen molar-refractivity contribution in [3.8, 4) is 34.1 Å². The topological polar surface area (TPSA) is 80.3 Å². The van der Waals surface area contributed by atoms with Crippen molar-refractivity contribution in [3.05, 3.63) is 117 Å². The van der Waals surface area contributed by atoms with E-state index in [4.69, 9.17) is 84.3 Å². The third-order valence-electron chi connectivity index (χ3n) is 9.69. The molecule has 0 aliphatic heterocycles. The normalized spacial score (nSPS) is 11.3. The third-order valence-corrected chi connectivity index (χ3v) is 10.8. The molecular weight excluding hydrogens is 874 g/mol. The molecule has 14 heteroatoms. The van der Waals surface area contributed by atoms with Crippen LogP contribution in [-0.2, 0) is 18.9 Å². The first-order valence-corrected chi connectivity index (χ1v) is 21.8. The summed E-state index contributed by atoms with van der Waals surface area (Å²) in [5.74, 6) is 2.34. The minimum absolute atomic E-state index is 0.300. The first-order chi connectivity index (χ1) is 30.1. The van der Waals surface area contributed by atoms with Crippen LogP contribution in [0.1, 0.15) is 0 Å². The number of rotatable bonds is 25. The highest BCUT2D eigenvalue weighted by atomic mass is 35.5. The highest BCUT2D eigenvalue weighted by Crippen LogP contribution is 2.45. The number of ether oxygens (including phenoxy) is 8. The zero-order valence-corrected chi connectivity index (χ0v) is 38.4. The summed E-state index contributed by atoms with van der Waals surface area (Å²) in [4.78, 5) is 3.85. The van der Waals surface area contributed by atoms with E-state index in [-0.39, 0.29) is 0 Å². The first kappa shape index (κ1) is 47.1. The van der Waals surface area contributed by atoms with Gasteiger partial charge in [0.05, 0.1) is 72.9 Å². The highest BCUT2D eigenvalue weighted by Gasteiger charge is 2.20. The summed E-state index contributed by atoms with van der Waals surface area (Å²) in [6.07, 6.45) is 0. The van der Waals surface area contributed by atoms with Gasteiger partial charge in [-0.25, -0.2) is 0 Å². The molecule has 0 radical (unpaired) electrons. The first-order valence-electron chi connectivity index (χ1n) is 20.3. The maximum atomic E-state index is 6.46. The van der Waals surface area contributed by atoms with Gasteiger partial charge in [0.25, 0.3) is 0 Å². The van der Waals surface area contributed by atoms with Gasteiger partial charge in [-0.05, 0) is 57.9 Å². The molecule has 0 spiro atoms. The molecule has 0 unspecified atom stereocenters. The monoisotopic (exact) mass is 924 g/mol. The second-order valence-corrected chi connectivity index (χ2v) is 16.1. The Labute approximate surface area is 383 Å². The molecule has 0 heterocycles. The molecule has 0 N–H and O–H groups in total. The Morgan fingerprint density at radius 2 is 0.677 bits per heavy atom. The van der Waals surface area contributed by atoms with E-state index in [1.54, 1.807) is 0 Å². The second-order valence-electron chi connectivity index (χ2n) is 14.4. The minimum atomic E-state index is 0.300. The molecule has 0 bridgehead atoms. The molecule has 0 fully saturated rings. The fraction of sp³-hybridized carbons (Fsp3) is 0.333. The van der Waals surface area contributed by atoms with E-state index in [0.717, 1.165) is 55.5 Å². The van der Waals surface area contributed by atoms with E-state index in [0.29, 0.717) is 111 Å². The number of nitrogens with zero attached hydrogens (tertiary/aromatic N) is 2. The van der Waals surface area contributed by atoms with Crippen LogP contribution in [0.4, 0.5) is 11.4 Å². The molecule has 0 saturated heterocycles. The standard InChI is InChI=1S/C48H52Cl4N2O8/c1-53(2)35-29-39(49)47(40(50)30-35)61-27-23-57-19-17-55-21-25-59-43-15-13-33-9-5-7-11-37(33)45(43)46-38-12-8-6-10-34(38)14-16-44(46)60-26-22-56-18-20-58-24-28-62-48-41(51)31-36(54(3)4)32-42(48)52/h5-16,29-32H,17-28H2,1-4H3. The van der Waals surface area contributed by atoms with E-state index >= 15 is 0 Å². The number of halogens is 4. The number of anilines is 2. The van der Waals surface area contributed by atoms with Crippen molar-refractivity contribution >= 4 is 79.3 Å². The van der Waals surface area contributed by atoms with E-state index in [1.165, 1.54) is 0 Å². The zero-order valence-electron chi connectivity index (χ0n) is 35.4. The molecule has 0 aliphatic rings. The molecule has 0 aromatic heterocycles. The third kappa shape index (κ3) is 12.9. The quantitative estimate of drug-likeness (QED) is 0.0518. The van der Waals surface area contributed by atoms with Crippen LogP contribution in [0.3, 0.4) is 0 Å². The van der Waals surface area contributed by atoms with Crippen molar-refractivity contribution in [2.75, 3.05) is 117 Å². The van der Waals surface area contributed by atoms with Crippen molar-refractivity contribution < 1.29 is 37.9 Å². The Morgan fingerprint density at radius 3 is 1.02 bits per heavy atom. The van der Waals surface area contributed by atoms with Gasteiger partial charge in [0, 0.05) is 50.7 Å². The van der Waals surface area contributed by atoms with Crippen LogP contribution >= 0.6 is 46.4 Å². The van der Waals surface area contributed by atoms with Gasteiger partial charge in [0.15, 0.2) is 11.5 Å². The summed E-state index contributed by atoms with van der Waals surface area (Å²) >= 11 is 25.5. The predicted octanol–water partition coefficient (Wildman–Crippen LogP) is 11.4. The fourth-order valence-corrected chi connectivity index (χ4v) is 7.78. The maximum absolute atomic E-state index is 6.46. The average Bonchev–Trinajstić information content (AvgIpc) is 3.26. The van der Waals surface area contributed by atoms with E-state index < -0.39 is 0 Å².